The van der Waals surface area contributed by atoms with Gasteiger partial charge >= 0.3 is 6.18 Å². The minimum absolute atomic E-state index is 0.133. The maximum Gasteiger partial charge on any atom is 0.419 e. The summed E-state index contributed by atoms with van der Waals surface area (Å²) < 4.78 is 43.8. The fraction of sp³-hybridized carbons (Fsp3) is 0.200. The van der Waals surface area contributed by atoms with E-state index in [0.29, 0.717) is 5.75 Å². The SMILES string of the molecule is C[C@H](N)c1ccc(Oc2ccccc2C(F)(F)F)cc1. The lowest BCUT2D eigenvalue weighted by Crippen LogP contribution is -2.07. The third kappa shape index (κ3) is 3.30. The molecule has 0 aliphatic rings. The number of hydrogen-bond donors (Lipinski definition) is 1. The van der Waals surface area contributed by atoms with Crippen LogP contribution in [0.15, 0.2) is 48.5 Å². The summed E-state index contributed by atoms with van der Waals surface area (Å²) in [6.45, 7) is 1.83. The van der Waals surface area contributed by atoms with E-state index in [9.17, 15) is 13.2 Å². The van der Waals surface area contributed by atoms with E-state index >= 15 is 0 Å². The lowest BCUT2D eigenvalue weighted by atomic mass is 10.1. The highest BCUT2D eigenvalue weighted by atomic mass is 19.4. The van der Waals surface area contributed by atoms with Crippen LogP contribution in [0.1, 0.15) is 24.1 Å². The molecule has 2 aromatic rings. The van der Waals surface area contributed by atoms with Gasteiger partial charge in [0.05, 0.1) is 5.56 Å². The first kappa shape index (κ1) is 14.4. The van der Waals surface area contributed by atoms with Gasteiger partial charge in [0, 0.05) is 6.04 Å². The monoisotopic (exact) mass is 281 g/mol. The van der Waals surface area contributed by atoms with Crippen molar-refractivity contribution in [3.8, 4) is 11.5 Å². The highest BCUT2D eigenvalue weighted by Crippen LogP contribution is 2.37. The number of rotatable bonds is 3. The number of ether oxygens (including phenoxy) is 1. The average molecular weight is 281 g/mol. The number of alkyl halides is 3. The van der Waals surface area contributed by atoms with Crippen molar-refractivity contribution >= 4 is 0 Å². The Kier molecular flexibility index (Phi) is 3.99. The average Bonchev–Trinajstić information content (AvgIpc) is 2.38. The summed E-state index contributed by atoms with van der Waals surface area (Å²) in [6.07, 6.45) is -4.44. The van der Waals surface area contributed by atoms with Crippen LogP contribution in [-0.2, 0) is 6.18 Å². The Bertz CT molecular complexity index is 576. The topological polar surface area (TPSA) is 35.2 Å². The van der Waals surface area contributed by atoms with Crippen LogP contribution >= 0.6 is 0 Å². The predicted molar refractivity (Wildman–Crippen MR) is 70.6 cm³/mol. The molecule has 20 heavy (non-hydrogen) atoms. The zero-order valence-electron chi connectivity index (χ0n) is 10.8. The molecule has 1 atom stereocenters. The van der Waals surface area contributed by atoms with E-state index in [4.69, 9.17) is 10.5 Å². The molecule has 0 aliphatic heterocycles. The van der Waals surface area contributed by atoms with Gasteiger partial charge in [-0.1, -0.05) is 24.3 Å². The van der Waals surface area contributed by atoms with E-state index in [2.05, 4.69) is 0 Å². The first-order chi connectivity index (χ1) is 9.38. The summed E-state index contributed by atoms with van der Waals surface area (Å²) in [6, 6.07) is 11.7. The Hall–Kier alpha value is -2.01. The van der Waals surface area contributed by atoms with Crippen LogP contribution in [0, 0.1) is 0 Å². The standard InChI is InChI=1S/C15H14F3NO/c1-10(19)11-6-8-12(9-7-11)20-14-5-3-2-4-13(14)15(16,17)18/h2-10H,19H2,1H3/t10-/m0/s1. The van der Waals surface area contributed by atoms with Gasteiger partial charge < -0.3 is 10.5 Å². The number of halogens is 3. The Morgan fingerprint density at radius 2 is 1.60 bits per heavy atom. The normalized spacial score (nSPS) is 13.1. The number of hydrogen-bond acceptors (Lipinski definition) is 2. The van der Waals surface area contributed by atoms with Gasteiger partial charge in [0.2, 0.25) is 0 Å². The Balaban J connectivity index is 2.26. The van der Waals surface area contributed by atoms with E-state index in [1.54, 1.807) is 24.3 Å². The van der Waals surface area contributed by atoms with Crippen LogP contribution in [0.4, 0.5) is 13.2 Å². The van der Waals surface area contributed by atoms with Crippen molar-refractivity contribution in [2.24, 2.45) is 5.73 Å². The van der Waals surface area contributed by atoms with Crippen LogP contribution in [0.3, 0.4) is 0 Å². The van der Waals surface area contributed by atoms with Crippen molar-refractivity contribution < 1.29 is 17.9 Å². The van der Waals surface area contributed by atoms with Crippen molar-refractivity contribution in [2.45, 2.75) is 19.1 Å². The summed E-state index contributed by atoms with van der Waals surface area (Å²) in [5, 5.41) is 0. The molecule has 0 saturated carbocycles. The van der Waals surface area contributed by atoms with Gasteiger partial charge in [0.25, 0.3) is 0 Å². The minimum atomic E-state index is -4.44. The lowest BCUT2D eigenvalue weighted by molar-refractivity contribution is -0.138. The third-order valence-electron chi connectivity index (χ3n) is 2.83. The van der Waals surface area contributed by atoms with Crippen LogP contribution in [-0.4, -0.2) is 0 Å². The van der Waals surface area contributed by atoms with Gasteiger partial charge in [0.1, 0.15) is 11.5 Å². The smallest absolute Gasteiger partial charge is 0.419 e. The quantitative estimate of drug-likeness (QED) is 0.897. The van der Waals surface area contributed by atoms with Gasteiger partial charge in [-0.25, -0.2) is 0 Å². The van der Waals surface area contributed by atoms with Crippen molar-refractivity contribution in [1.82, 2.24) is 0 Å². The molecule has 0 fully saturated rings. The zero-order valence-corrected chi connectivity index (χ0v) is 10.8. The summed E-state index contributed by atoms with van der Waals surface area (Å²) in [5.74, 6) is 0.125. The number of para-hydroxylation sites is 1. The van der Waals surface area contributed by atoms with Crippen molar-refractivity contribution in [1.29, 1.82) is 0 Å². The van der Waals surface area contributed by atoms with Gasteiger partial charge in [-0.2, -0.15) is 13.2 Å². The van der Waals surface area contributed by atoms with E-state index in [1.807, 2.05) is 6.92 Å². The molecule has 0 heterocycles. The zero-order chi connectivity index (χ0) is 14.8. The maximum absolute atomic E-state index is 12.8. The van der Waals surface area contributed by atoms with Crippen LogP contribution in [0.2, 0.25) is 0 Å². The predicted octanol–water partition coefficient (Wildman–Crippen LogP) is 4.52. The number of benzene rings is 2. The molecule has 0 bridgehead atoms. The molecule has 0 aliphatic carbocycles. The highest BCUT2D eigenvalue weighted by molar-refractivity contribution is 5.40. The third-order valence-corrected chi connectivity index (χ3v) is 2.83. The Morgan fingerprint density at radius 1 is 1.00 bits per heavy atom. The molecular formula is C15H14F3NO. The second-order valence-electron chi connectivity index (χ2n) is 4.45. The minimum Gasteiger partial charge on any atom is -0.457 e. The Morgan fingerprint density at radius 3 is 2.15 bits per heavy atom. The van der Waals surface area contributed by atoms with E-state index < -0.39 is 11.7 Å². The molecule has 2 rings (SSSR count). The van der Waals surface area contributed by atoms with Gasteiger partial charge in [-0.15, -0.1) is 0 Å². The summed E-state index contributed by atoms with van der Waals surface area (Å²) >= 11 is 0. The molecule has 5 heteroatoms. The second-order valence-corrected chi connectivity index (χ2v) is 4.45. The summed E-state index contributed by atoms with van der Waals surface area (Å²) in [7, 11) is 0. The molecule has 0 amide bonds. The molecule has 0 unspecified atom stereocenters. The van der Waals surface area contributed by atoms with E-state index in [1.165, 1.54) is 18.2 Å². The number of nitrogens with two attached hydrogens (primary N) is 1. The first-order valence-electron chi connectivity index (χ1n) is 6.07. The van der Waals surface area contributed by atoms with Crippen LogP contribution < -0.4 is 10.5 Å². The van der Waals surface area contributed by atoms with E-state index in [0.717, 1.165) is 11.6 Å². The molecule has 2 nitrogen and oxygen atoms in total. The van der Waals surface area contributed by atoms with Crippen molar-refractivity contribution in [3.05, 3.63) is 59.7 Å². The summed E-state index contributed by atoms with van der Waals surface area (Å²) in [5.41, 5.74) is 5.80. The van der Waals surface area contributed by atoms with E-state index in [-0.39, 0.29) is 11.8 Å². The largest absolute Gasteiger partial charge is 0.457 e. The lowest BCUT2D eigenvalue weighted by Gasteiger charge is -2.14. The van der Waals surface area contributed by atoms with Crippen molar-refractivity contribution in [3.63, 3.8) is 0 Å². The Labute approximate surface area is 115 Å². The van der Waals surface area contributed by atoms with Gasteiger partial charge in [-0.3, -0.25) is 0 Å². The fourth-order valence-electron chi connectivity index (χ4n) is 1.76. The highest BCUT2D eigenvalue weighted by Gasteiger charge is 2.34. The molecule has 0 saturated heterocycles. The second kappa shape index (κ2) is 5.54. The molecule has 0 spiro atoms. The molecule has 2 N–H and O–H groups in total. The molecule has 0 aromatic heterocycles. The summed E-state index contributed by atoms with van der Waals surface area (Å²) in [4.78, 5) is 0. The molecule has 106 valence electrons. The molecule has 2 aromatic carbocycles. The van der Waals surface area contributed by atoms with Crippen LogP contribution in [0.25, 0.3) is 0 Å². The van der Waals surface area contributed by atoms with Crippen LogP contribution in [0.5, 0.6) is 11.5 Å². The van der Waals surface area contributed by atoms with Gasteiger partial charge in [0.15, 0.2) is 0 Å². The molecular weight excluding hydrogens is 267 g/mol. The van der Waals surface area contributed by atoms with Gasteiger partial charge in [-0.05, 0) is 36.8 Å². The maximum atomic E-state index is 12.8. The molecule has 0 radical (unpaired) electrons. The fourth-order valence-corrected chi connectivity index (χ4v) is 1.76. The van der Waals surface area contributed by atoms with Crippen molar-refractivity contribution in [2.75, 3.05) is 0 Å². The first-order valence-corrected chi connectivity index (χ1v) is 6.07.